The van der Waals surface area contributed by atoms with Crippen LogP contribution in [-0.4, -0.2) is 30.0 Å². The Labute approximate surface area is 161 Å². The van der Waals surface area contributed by atoms with Crippen LogP contribution in [0.4, 0.5) is 5.69 Å². The number of carbonyl (C=O) groups is 2. The average molecular weight is 378 g/mol. The second-order valence-electron chi connectivity index (χ2n) is 6.28. The highest BCUT2D eigenvalue weighted by Crippen LogP contribution is 2.29. The highest BCUT2D eigenvalue weighted by atomic mass is 32.1. The van der Waals surface area contributed by atoms with Crippen molar-refractivity contribution in [1.82, 2.24) is 4.98 Å². The van der Waals surface area contributed by atoms with E-state index in [0.717, 1.165) is 28.2 Å². The van der Waals surface area contributed by atoms with Gasteiger partial charge in [-0.25, -0.2) is 9.78 Å². The third-order valence-electron chi connectivity index (χ3n) is 4.48. The summed E-state index contributed by atoms with van der Waals surface area (Å²) in [6.07, 6.45) is 0.821. The van der Waals surface area contributed by atoms with Gasteiger partial charge in [-0.05, 0) is 25.0 Å². The first-order valence-corrected chi connectivity index (χ1v) is 9.53. The van der Waals surface area contributed by atoms with Gasteiger partial charge < -0.3 is 9.64 Å². The van der Waals surface area contributed by atoms with Crippen molar-refractivity contribution in [2.45, 2.75) is 13.3 Å². The van der Waals surface area contributed by atoms with Gasteiger partial charge in [0.2, 0.25) is 0 Å². The molecule has 0 bridgehead atoms. The first-order chi connectivity index (χ1) is 13.1. The summed E-state index contributed by atoms with van der Waals surface area (Å²) in [7, 11) is 0. The van der Waals surface area contributed by atoms with Crippen LogP contribution in [0.3, 0.4) is 0 Å². The summed E-state index contributed by atoms with van der Waals surface area (Å²) < 4.78 is 5.33. The molecule has 1 amide bonds. The van der Waals surface area contributed by atoms with E-state index in [1.54, 1.807) is 4.90 Å². The fourth-order valence-corrected chi connectivity index (χ4v) is 4.06. The molecule has 1 aromatic heterocycles. The van der Waals surface area contributed by atoms with Crippen LogP contribution in [0.25, 0.3) is 11.3 Å². The van der Waals surface area contributed by atoms with Gasteiger partial charge in [0.05, 0.1) is 10.7 Å². The minimum absolute atomic E-state index is 0.212. The Kier molecular flexibility index (Phi) is 4.73. The molecule has 0 saturated carbocycles. The van der Waals surface area contributed by atoms with E-state index in [1.807, 2.05) is 61.5 Å². The molecular formula is C21H18N2O3S. The maximum absolute atomic E-state index is 12.6. The molecule has 0 spiro atoms. The summed E-state index contributed by atoms with van der Waals surface area (Å²) in [5.41, 5.74) is 3.49. The molecule has 0 fully saturated rings. The number of hydrogen-bond acceptors (Lipinski definition) is 5. The number of rotatable bonds is 4. The molecule has 6 heteroatoms. The molecule has 0 saturated heterocycles. The van der Waals surface area contributed by atoms with Crippen LogP contribution in [0.15, 0.2) is 54.6 Å². The van der Waals surface area contributed by atoms with Crippen LogP contribution in [0, 0.1) is 6.92 Å². The Balaban J connectivity index is 1.47. The Bertz CT molecular complexity index is 998. The number of aromatic nitrogens is 1. The van der Waals surface area contributed by atoms with Crippen LogP contribution in [0.1, 0.15) is 20.2 Å². The largest absolute Gasteiger partial charge is 0.451 e. The third-order valence-corrected chi connectivity index (χ3v) is 5.43. The van der Waals surface area contributed by atoms with Gasteiger partial charge in [0, 0.05) is 17.8 Å². The normalized spacial score (nSPS) is 12.7. The molecule has 0 unspecified atom stereocenters. The Morgan fingerprint density at radius 1 is 1.11 bits per heavy atom. The number of esters is 1. The van der Waals surface area contributed by atoms with Crippen molar-refractivity contribution in [2.24, 2.45) is 0 Å². The molecule has 2 heterocycles. The number of aryl methyl sites for hydroxylation is 1. The summed E-state index contributed by atoms with van der Waals surface area (Å²) >= 11 is 1.28. The van der Waals surface area contributed by atoms with Gasteiger partial charge in [-0.1, -0.05) is 48.5 Å². The van der Waals surface area contributed by atoms with Gasteiger partial charge in [0.1, 0.15) is 4.88 Å². The standard InChI is InChI=1S/C21H18N2O3S/c1-14-22-19(16-8-3-2-4-9-16)20(27-14)21(25)26-13-18(24)23-12-11-15-7-5-6-10-17(15)23/h2-10H,11-13H2,1H3. The summed E-state index contributed by atoms with van der Waals surface area (Å²) in [6, 6.07) is 17.3. The minimum Gasteiger partial charge on any atom is -0.451 e. The molecule has 1 aliphatic rings. The molecular weight excluding hydrogens is 360 g/mol. The fraction of sp³-hybridized carbons (Fsp3) is 0.190. The van der Waals surface area contributed by atoms with Crippen molar-refractivity contribution < 1.29 is 14.3 Å². The molecule has 0 N–H and O–H groups in total. The fourth-order valence-electron chi connectivity index (χ4n) is 3.23. The second kappa shape index (κ2) is 7.32. The number of fused-ring (bicyclic) bond motifs is 1. The smallest absolute Gasteiger partial charge is 0.351 e. The Hall–Kier alpha value is -2.99. The van der Waals surface area contributed by atoms with Crippen molar-refractivity contribution >= 4 is 28.9 Å². The lowest BCUT2D eigenvalue weighted by molar-refractivity contribution is -0.121. The van der Waals surface area contributed by atoms with Crippen LogP contribution in [0.2, 0.25) is 0 Å². The third kappa shape index (κ3) is 3.48. The summed E-state index contributed by atoms with van der Waals surface area (Å²) in [4.78, 5) is 31.7. The molecule has 27 heavy (non-hydrogen) atoms. The molecule has 1 aliphatic heterocycles. The number of carbonyl (C=O) groups excluding carboxylic acids is 2. The van der Waals surface area contributed by atoms with E-state index in [2.05, 4.69) is 4.98 Å². The van der Waals surface area contributed by atoms with Gasteiger partial charge in [-0.3, -0.25) is 4.79 Å². The van der Waals surface area contributed by atoms with Crippen LogP contribution in [0.5, 0.6) is 0 Å². The SMILES string of the molecule is Cc1nc(-c2ccccc2)c(C(=O)OCC(=O)N2CCc3ccccc32)s1. The highest BCUT2D eigenvalue weighted by molar-refractivity contribution is 7.14. The molecule has 3 aromatic rings. The molecule has 0 radical (unpaired) electrons. The van der Waals surface area contributed by atoms with E-state index in [0.29, 0.717) is 17.1 Å². The number of benzene rings is 2. The summed E-state index contributed by atoms with van der Waals surface area (Å²) in [5.74, 6) is -0.726. The van der Waals surface area contributed by atoms with Crippen molar-refractivity contribution in [3.05, 3.63) is 70.0 Å². The molecule has 136 valence electrons. The van der Waals surface area contributed by atoms with Gasteiger partial charge in [-0.15, -0.1) is 11.3 Å². The number of para-hydroxylation sites is 1. The Morgan fingerprint density at radius 3 is 2.67 bits per heavy atom. The number of nitrogens with zero attached hydrogens (tertiary/aromatic N) is 2. The quantitative estimate of drug-likeness (QED) is 0.647. The first kappa shape index (κ1) is 17.4. The first-order valence-electron chi connectivity index (χ1n) is 8.72. The number of amides is 1. The van der Waals surface area contributed by atoms with Crippen molar-refractivity contribution in [2.75, 3.05) is 18.1 Å². The van der Waals surface area contributed by atoms with Gasteiger partial charge in [0.15, 0.2) is 6.61 Å². The molecule has 2 aromatic carbocycles. The van der Waals surface area contributed by atoms with Gasteiger partial charge >= 0.3 is 5.97 Å². The molecule has 5 nitrogen and oxygen atoms in total. The van der Waals surface area contributed by atoms with Crippen LogP contribution < -0.4 is 4.90 Å². The molecule has 0 atom stereocenters. The number of ether oxygens (including phenoxy) is 1. The van der Waals surface area contributed by atoms with E-state index >= 15 is 0 Å². The monoisotopic (exact) mass is 378 g/mol. The van der Waals surface area contributed by atoms with Gasteiger partial charge in [0.25, 0.3) is 5.91 Å². The van der Waals surface area contributed by atoms with Gasteiger partial charge in [-0.2, -0.15) is 0 Å². The summed E-state index contributed by atoms with van der Waals surface area (Å²) in [5, 5.41) is 0.778. The van der Waals surface area contributed by atoms with Crippen molar-refractivity contribution in [3.63, 3.8) is 0 Å². The number of hydrogen-bond donors (Lipinski definition) is 0. The minimum atomic E-state index is -0.514. The van der Waals surface area contributed by atoms with Crippen molar-refractivity contribution in [1.29, 1.82) is 0 Å². The van der Waals surface area contributed by atoms with E-state index in [4.69, 9.17) is 4.74 Å². The Morgan fingerprint density at radius 2 is 1.85 bits per heavy atom. The summed E-state index contributed by atoms with van der Waals surface area (Å²) in [6.45, 7) is 2.18. The lowest BCUT2D eigenvalue weighted by Crippen LogP contribution is -2.33. The van der Waals surface area contributed by atoms with E-state index in [1.165, 1.54) is 11.3 Å². The average Bonchev–Trinajstić information content (AvgIpc) is 3.30. The molecule has 0 aliphatic carbocycles. The lowest BCUT2D eigenvalue weighted by atomic mass is 10.1. The van der Waals surface area contributed by atoms with Crippen molar-refractivity contribution in [3.8, 4) is 11.3 Å². The maximum Gasteiger partial charge on any atom is 0.351 e. The van der Waals surface area contributed by atoms with E-state index in [-0.39, 0.29) is 12.5 Å². The molecule has 4 rings (SSSR count). The predicted octanol–water partition coefficient (Wildman–Crippen LogP) is 3.86. The zero-order valence-electron chi connectivity index (χ0n) is 14.8. The van der Waals surface area contributed by atoms with Crippen LogP contribution >= 0.6 is 11.3 Å². The van der Waals surface area contributed by atoms with Crippen LogP contribution in [-0.2, 0) is 16.0 Å². The lowest BCUT2D eigenvalue weighted by Gasteiger charge is -2.17. The second-order valence-corrected chi connectivity index (χ2v) is 7.48. The zero-order chi connectivity index (χ0) is 18.8. The zero-order valence-corrected chi connectivity index (χ0v) is 15.7. The maximum atomic E-state index is 12.6. The predicted molar refractivity (Wildman–Crippen MR) is 105 cm³/mol. The van der Waals surface area contributed by atoms with E-state index < -0.39 is 5.97 Å². The highest BCUT2D eigenvalue weighted by Gasteiger charge is 2.26. The van der Waals surface area contributed by atoms with E-state index in [9.17, 15) is 9.59 Å². The number of anilines is 1. The topological polar surface area (TPSA) is 59.5 Å². The number of thiazole rings is 1.